The molecule has 0 spiro atoms. The predicted octanol–water partition coefficient (Wildman–Crippen LogP) is 13.0. The van der Waals surface area contributed by atoms with Crippen molar-refractivity contribution in [3.8, 4) is 0 Å². The van der Waals surface area contributed by atoms with Gasteiger partial charge in [-0.3, -0.25) is 0 Å². The van der Waals surface area contributed by atoms with Crippen molar-refractivity contribution in [2.24, 2.45) is 0 Å². The molecule has 5 aromatic rings. The first-order valence-corrected chi connectivity index (χ1v) is 17.7. The molecule has 0 unspecified atom stereocenters. The van der Waals surface area contributed by atoms with E-state index in [1.165, 1.54) is 88.4 Å². The summed E-state index contributed by atoms with van der Waals surface area (Å²) in [6.07, 6.45) is 14.3. The van der Waals surface area contributed by atoms with Gasteiger partial charge in [0.25, 0.3) is 0 Å². The van der Waals surface area contributed by atoms with Crippen LogP contribution in [-0.4, -0.2) is 6.54 Å². The molecule has 2 nitrogen and oxygen atoms in total. The van der Waals surface area contributed by atoms with Gasteiger partial charge in [0.15, 0.2) is 0 Å². The largest absolute Gasteiger partial charge is 0.341 e. The van der Waals surface area contributed by atoms with Crippen LogP contribution in [0.15, 0.2) is 151 Å². The number of hydrogen-bond acceptors (Lipinski definition) is 2. The van der Waals surface area contributed by atoms with E-state index in [-0.39, 0.29) is 5.41 Å². The van der Waals surface area contributed by atoms with Gasteiger partial charge in [-0.15, -0.1) is 0 Å². The van der Waals surface area contributed by atoms with E-state index in [0.29, 0.717) is 0 Å². The first-order valence-electron chi connectivity index (χ1n) is 17.7. The van der Waals surface area contributed by atoms with Crippen LogP contribution in [0.25, 0.3) is 0 Å². The minimum atomic E-state index is 0.0171. The number of allylic oxidation sites excluding steroid dienone is 3. The van der Waals surface area contributed by atoms with E-state index in [4.69, 9.17) is 0 Å². The summed E-state index contributed by atoms with van der Waals surface area (Å²) in [5.74, 6) is 0. The Morgan fingerprint density at radius 1 is 0.562 bits per heavy atom. The summed E-state index contributed by atoms with van der Waals surface area (Å²) < 4.78 is 0. The summed E-state index contributed by atoms with van der Waals surface area (Å²) >= 11 is 0. The molecule has 0 saturated heterocycles. The first kappa shape index (κ1) is 33.1. The number of hydrogen-bond donors (Lipinski definition) is 0. The molecule has 6 rings (SSSR count). The van der Waals surface area contributed by atoms with Crippen molar-refractivity contribution in [3.05, 3.63) is 173 Å². The number of nitrogens with zero attached hydrogens (tertiary/aromatic N) is 2. The van der Waals surface area contributed by atoms with E-state index in [9.17, 15) is 0 Å². The maximum atomic E-state index is 2.54. The Hall–Kier alpha value is -4.82. The molecule has 1 aliphatic carbocycles. The quantitative estimate of drug-likeness (QED) is 0.134. The summed E-state index contributed by atoms with van der Waals surface area (Å²) in [6, 6.07) is 47.0. The van der Waals surface area contributed by atoms with Gasteiger partial charge in [-0.05, 0) is 119 Å². The fourth-order valence-corrected chi connectivity index (χ4v) is 7.36. The zero-order chi connectivity index (χ0) is 33.3. The van der Waals surface area contributed by atoms with E-state index >= 15 is 0 Å². The van der Waals surface area contributed by atoms with Gasteiger partial charge in [-0.1, -0.05) is 121 Å². The average Bonchev–Trinajstić information content (AvgIpc) is 3.13. The second-order valence-corrected chi connectivity index (χ2v) is 13.5. The van der Waals surface area contributed by atoms with E-state index < -0.39 is 0 Å². The molecule has 1 aliphatic rings. The van der Waals surface area contributed by atoms with Crippen molar-refractivity contribution >= 4 is 28.4 Å². The molecular formula is C46H50N2. The summed E-state index contributed by atoms with van der Waals surface area (Å²) in [4.78, 5) is 4.83. The second kappa shape index (κ2) is 15.4. The lowest BCUT2D eigenvalue weighted by Gasteiger charge is -2.40. The van der Waals surface area contributed by atoms with Gasteiger partial charge in [0, 0.05) is 40.4 Å². The van der Waals surface area contributed by atoms with Crippen molar-refractivity contribution in [1.29, 1.82) is 0 Å². The summed E-state index contributed by atoms with van der Waals surface area (Å²) in [5.41, 5.74) is 12.7. The summed E-state index contributed by atoms with van der Waals surface area (Å²) in [6.45, 7) is 9.54. The van der Waals surface area contributed by atoms with Gasteiger partial charge >= 0.3 is 0 Å². The summed E-state index contributed by atoms with van der Waals surface area (Å²) in [5, 5.41) is 0. The maximum absolute atomic E-state index is 2.54. The topological polar surface area (TPSA) is 6.48 Å². The maximum Gasteiger partial charge on any atom is 0.0461 e. The van der Waals surface area contributed by atoms with Crippen LogP contribution in [0.4, 0.5) is 28.4 Å². The Labute approximate surface area is 289 Å². The van der Waals surface area contributed by atoms with Crippen molar-refractivity contribution < 1.29 is 0 Å². The van der Waals surface area contributed by atoms with Gasteiger partial charge in [-0.2, -0.15) is 0 Å². The lowest BCUT2D eigenvalue weighted by atomic mass is 9.64. The van der Waals surface area contributed by atoms with Crippen LogP contribution in [-0.2, 0) is 5.41 Å². The van der Waals surface area contributed by atoms with Crippen LogP contribution in [0.2, 0.25) is 0 Å². The Kier molecular flexibility index (Phi) is 10.6. The molecule has 0 radical (unpaired) electrons. The highest BCUT2D eigenvalue weighted by molar-refractivity contribution is 5.77. The minimum absolute atomic E-state index is 0.0171. The zero-order valence-electron chi connectivity index (χ0n) is 29.2. The predicted molar refractivity (Wildman–Crippen MR) is 208 cm³/mol. The molecule has 0 bridgehead atoms. The van der Waals surface area contributed by atoms with Crippen LogP contribution in [0.5, 0.6) is 0 Å². The number of para-hydroxylation sites is 1. The van der Waals surface area contributed by atoms with Crippen molar-refractivity contribution in [2.45, 2.75) is 71.6 Å². The third-order valence-corrected chi connectivity index (χ3v) is 10.00. The van der Waals surface area contributed by atoms with Crippen LogP contribution in [0.1, 0.15) is 67.7 Å². The molecule has 0 amide bonds. The van der Waals surface area contributed by atoms with E-state index in [1.54, 1.807) is 0 Å². The SMILES string of the molecule is C/C=C\C(=C/CCN(c1ccccc1)c1ccc(C)cc1)C1(c2ccc(N(c3ccc(C)cc3)c3ccc(C)cc3)cc2)CCCCC1. The fourth-order valence-electron chi connectivity index (χ4n) is 7.36. The fraction of sp³-hybridized carbons (Fsp3) is 0.261. The molecule has 0 aromatic heterocycles. The van der Waals surface area contributed by atoms with Crippen molar-refractivity contribution in [2.75, 3.05) is 16.3 Å². The van der Waals surface area contributed by atoms with E-state index in [0.717, 1.165) is 13.0 Å². The standard InChI is InChI=1S/C46H50N2/c1-5-13-39(14-12-35-47(41-15-8-6-9-16-41)42-25-17-36(2)18-26-42)46(33-10-7-11-34-46)40-23-31-45(32-24-40)48(43-27-19-37(3)20-28-43)44-29-21-38(4)22-30-44/h5-6,8-9,13-32H,7,10-12,33-35H2,1-4H3/b13-5-,39-14+. The minimum Gasteiger partial charge on any atom is -0.341 e. The number of rotatable bonds is 11. The zero-order valence-corrected chi connectivity index (χ0v) is 29.2. The molecule has 0 aliphatic heterocycles. The summed E-state index contributed by atoms with van der Waals surface area (Å²) in [7, 11) is 0. The smallest absolute Gasteiger partial charge is 0.0461 e. The van der Waals surface area contributed by atoms with Crippen LogP contribution >= 0.6 is 0 Å². The van der Waals surface area contributed by atoms with Gasteiger partial charge in [0.2, 0.25) is 0 Å². The molecule has 5 aromatic carbocycles. The molecule has 1 fully saturated rings. The molecule has 244 valence electrons. The number of benzene rings is 5. The molecule has 0 heterocycles. The average molecular weight is 631 g/mol. The van der Waals surface area contributed by atoms with E-state index in [2.05, 4.69) is 183 Å². The molecule has 1 saturated carbocycles. The Balaban J connectivity index is 1.33. The first-order chi connectivity index (χ1) is 23.5. The van der Waals surface area contributed by atoms with Gasteiger partial charge in [0.1, 0.15) is 0 Å². The molecule has 0 N–H and O–H groups in total. The molecular weight excluding hydrogens is 581 g/mol. The van der Waals surface area contributed by atoms with E-state index in [1.807, 2.05) is 0 Å². The van der Waals surface area contributed by atoms with Crippen molar-refractivity contribution in [3.63, 3.8) is 0 Å². The lowest BCUT2D eigenvalue weighted by molar-refractivity contribution is 0.344. The van der Waals surface area contributed by atoms with Crippen LogP contribution in [0, 0.1) is 20.8 Å². The second-order valence-electron chi connectivity index (χ2n) is 13.5. The monoisotopic (exact) mass is 630 g/mol. The van der Waals surface area contributed by atoms with Gasteiger partial charge in [-0.25, -0.2) is 0 Å². The van der Waals surface area contributed by atoms with Crippen molar-refractivity contribution in [1.82, 2.24) is 0 Å². The normalized spacial score (nSPS) is 14.6. The van der Waals surface area contributed by atoms with Crippen LogP contribution < -0.4 is 9.80 Å². The number of aryl methyl sites for hydroxylation is 3. The van der Waals surface area contributed by atoms with Gasteiger partial charge in [0.05, 0.1) is 0 Å². The molecule has 0 atom stereocenters. The molecule has 48 heavy (non-hydrogen) atoms. The molecule has 2 heteroatoms. The number of anilines is 5. The highest BCUT2D eigenvalue weighted by atomic mass is 15.1. The Morgan fingerprint density at radius 2 is 1.02 bits per heavy atom. The third-order valence-electron chi connectivity index (χ3n) is 10.00. The Morgan fingerprint density at radius 3 is 1.52 bits per heavy atom. The lowest BCUT2D eigenvalue weighted by Crippen LogP contribution is -2.31. The van der Waals surface area contributed by atoms with Gasteiger partial charge < -0.3 is 9.80 Å². The third kappa shape index (κ3) is 7.50. The van der Waals surface area contributed by atoms with Crippen LogP contribution in [0.3, 0.4) is 0 Å². The Bertz CT molecular complexity index is 1740. The highest BCUT2D eigenvalue weighted by Crippen LogP contribution is 2.47. The highest BCUT2D eigenvalue weighted by Gasteiger charge is 2.36.